The fourth-order valence-corrected chi connectivity index (χ4v) is 1.95. The van der Waals surface area contributed by atoms with E-state index >= 15 is 0 Å². The van der Waals surface area contributed by atoms with Gasteiger partial charge in [0.15, 0.2) is 11.5 Å². The smallest absolute Gasteiger partial charge is 0.271 e. The first-order valence-electron chi connectivity index (χ1n) is 6.76. The molecule has 0 spiro atoms. The lowest BCUT2D eigenvalue weighted by Gasteiger charge is -2.07. The Labute approximate surface area is 129 Å². The van der Waals surface area contributed by atoms with E-state index in [9.17, 15) is 4.79 Å². The molecule has 2 aromatic carbocycles. The molecule has 0 bridgehead atoms. The molecule has 0 saturated heterocycles. The molecule has 0 radical (unpaired) electrons. The molecule has 0 aliphatic carbocycles. The molecule has 5 nitrogen and oxygen atoms in total. The molecule has 1 amide bonds. The van der Waals surface area contributed by atoms with Gasteiger partial charge in [-0.25, -0.2) is 5.43 Å². The van der Waals surface area contributed by atoms with Crippen LogP contribution in [0.4, 0.5) is 0 Å². The van der Waals surface area contributed by atoms with Crippen molar-refractivity contribution < 1.29 is 14.3 Å². The summed E-state index contributed by atoms with van der Waals surface area (Å²) in [7, 11) is 3.14. The Hall–Kier alpha value is -2.82. The van der Waals surface area contributed by atoms with E-state index in [0.29, 0.717) is 17.1 Å². The number of aryl methyl sites for hydroxylation is 1. The maximum Gasteiger partial charge on any atom is 0.271 e. The van der Waals surface area contributed by atoms with Crippen molar-refractivity contribution in [2.24, 2.45) is 5.10 Å². The summed E-state index contributed by atoms with van der Waals surface area (Å²) in [5.74, 6) is 1.00. The molecule has 0 heterocycles. The van der Waals surface area contributed by atoms with Crippen molar-refractivity contribution in [2.45, 2.75) is 6.92 Å². The topological polar surface area (TPSA) is 59.9 Å². The highest BCUT2D eigenvalue weighted by Gasteiger charge is 2.05. The van der Waals surface area contributed by atoms with Crippen LogP contribution in [0.15, 0.2) is 47.6 Å². The van der Waals surface area contributed by atoms with E-state index in [1.807, 2.05) is 25.1 Å². The lowest BCUT2D eigenvalue weighted by Crippen LogP contribution is -2.17. The second-order valence-corrected chi connectivity index (χ2v) is 4.68. The SMILES string of the molecule is COc1ccc(C=NNC(=O)c2cccc(C)c2)cc1OC. The lowest BCUT2D eigenvalue weighted by atomic mass is 10.1. The minimum Gasteiger partial charge on any atom is -0.493 e. The number of amides is 1. The number of hydrazone groups is 1. The van der Waals surface area contributed by atoms with Crippen LogP contribution in [0.1, 0.15) is 21.5 Å². The fourth-order valence-electron chi connectivity index (χ4n) is 1.95. The number of hydrogen-bond donors (Lipinski definition) is 1. The molecular formula is C17H18N2O3. The van der Waals surface area contributed by atoms with Crippen LogP contribution in [0.2, 0.25) is 0 Å². The summed E-state index contributed by atoms with van der Waals surface area (Å²) in [5.41, 5.74) is 4.89. The molecule has 114 valence electrons. The van der Waals surface area contributed by atoms with E-state index in [2.05, 4.69) is 10.5 Å². The second-order valence-electron chi connectivity index (χ2n) is 4.68. The van der Waals surface area contributed by atoms with Gasteiger partial charge in [-0.15, -0.1) is 0 Å². The predicted octanol–water partition coefficient (Wildman–Crippen LogP) is 2.78. The molecule has 0 aliphatic heterocycles. The summed E-state index contributed by atoms with van der Waals surface area (Å²) in [4.78, 5) is 11.9. The van der Waals surface area contributed by atoms with Crippen LogP contribution >= 0.6 is 0 Å². The van der Waals surface area contributed by atoms with E-state index in [1.165, 1.54) is 0 Å². The van der Waals surface area contributed by atoms with Gasteiger partial charge in [-0.05, 0) is 42.8 Å². The average molecular weight is 298 g/mol. The van der Waals surface area contributed by atoms with E-state index in [-0.39, 0.29) is 5.91 Å². The molecule has 0 aliphatic rings. The van der Waals surface area contributed by atoms with Gasteiger partial charge in [0.05, 0.1) is 20.4 Å². The van der Waals surface area contributed by atoms with Crippen molar-refractivity contribution in [3.05, 3.63) is 59.2 Å². The zero-order chi connectivity index (χ0) is 15.9. The number of methoxy groups -OCH3 is 2. The van der Waals surface area contributed by atoms with Crippen molar-refractivity contribution >= 4 is 12.1 Å². The minimum absolute atomic E-state index is 0.250. The third-order valence-corrected chi connectivity index (χ3v) is 3.07. The minimum atomic E-state index is -0.250. The monoisotopic (exact) mass is 298 g/mol. The quantitative estimate of drug-likeness (QED) is 0.682. The molecule has 0 saturated carbocycles. The maximum atomic E-state index is 11.9. The summed E-state index contributed by atoms with van der Waals surface area (Å²) in [6.45, 7) is 1.93. The van der Waals surface area contributed by atoms with Crippen LogP contribution in [0.5, 0.6) is 11.5 Å². The predicted molar refractivity (Wildman–Crippen MR) is 85.8 cm³/mol. The van der Waals surface area contributed by atoms with Crippen LogP contribution in [-0.4, -0.2) is 26.3 Å². The van der Waals surface area contributed by atoms with Gasteiger partial charge in [-0.2, -0.15) is 5.10 Å². The molecular weight excluding hydrogens is 280 g/mol. The number of hydrogen-bond acceptors (Lipinski definition) is 4. The Morgan fingerprint density at radius 2 is 1.86 bits per heavy atom. The van der Waals surface area contributed by atoms with Crippen LogP contribution in [0.25, 0.3) is 0 Å². The molecule has 0 unspecified atom stereocenters. The van der Waals surface area contributed by atoms with Crippen molar-refractivity contribution in [2.75, 3.05) is 14.2 Å². The highest BCUT2D eigenvalue weighted by Crippen LogP contribution is 2.26. The third kappa shape index (κ3) is 3.85. The number of rotatable bonds is 5. The molecule has 22 heavy (non-hydrogen) atoms. The lowest BCUT2D eigenvalue weighted by molar-refractivity contribution is 0.0955. The van der Waals surface area contributed by atoms with Gasteiger partial charge in [0, 0.05) is 5.56 Å². The van der Waals surface area contributed by atoms with Gasteiger partial charge in [-0.1, -0.05) is 17.7 Å². The third-order valence-electron chi connectivity index (χ3n) is 3.07. The van der Waals surface area contributed by atoms with Crippen molar-refractivity contribution in [3.8, 4) is 11.5 Å². The van der Waals surface area contributed by atoms with E-state index in [1.54, 1.807) is 44.7 Å². The molecule has 2 aromatic rings. The highest BCUT2D eigenvalue weighted by molar-refractivity contribution is 5.95. The summed E-state index contributed by atoms with van der Waals surface area (Å²) in [5, 5.41) is 3.96. The van der Waals surface area contributed by atoms with E-state index in [4.69, 9.17) is 9.47 Å². The Morgan fingerprint density at radius 3 is 2.55 bits per heavy atom. The van der Waals surface area contributed by atoms with E-state index < -0.39 is 0 Å². The first-order valence-corrected chi connectivity index (χ1v) is 6.76. The van der Waals surface area contributed by atoms with Crippen molar-refractivity contribution in [3.63, 3.8) is 0 Å². The Kier molecular flexibility index (Phi) is 5.14. The number of carbonyl (C=O) groups is 1. The second kappa shape index (κ2) is 7.26. The van der Waals surface area contributed by atoms with Crippen LogP contribution < -0.4 is 14.9 Å². The largest absolute Gasteiger partial charge is 0.493 e. The van der Waals surface area contributed by atoms with Crippen LogP contribution in [0, 0.1) is 6.92 Å². The number of ether oxygens (including phenoxy) is 2. The fraction of sp³-hybridized carbons (Fsp3) is 0.176. The van der Waals surface area contributed by atoms with Gasteiger partial charge in [0.25, 0.3) is 5.91 Å². The van der Waals surface area contributed by atoms with Gasteiger partial charge in [-0.3, -0.25) is 4.79 Å². The number of nitrogens with one attached hydrogen (secondary N) is 1. The highest BCUT2D eigenvalue weighted by atomic mass is 16.5. The van der Waals surface area contributed by atoms with Crippen LogP contribution in [0.3, 0.4) is 0 Å². The Bertz CT molecular complexity index is 696. The van der Waals surface area contributed by atoms with Gasteiger partial charge in [0.2, 0.25) is 0 Å². The van der Waals surface area contributed by atoms with Crippen molar-refractivity contribution in [1.29, 1.82) is 0 Å². The summed E-state index contributed by atoms with van der Waals surface area (Å²) in [6.07, 6.45) is 1.55. The standard InChI is InChI=1S/C17H18N2O3/c1-12-5-4-6-14(9-12)17(20)19-18-11-13-7-8-15(21-2)16(10-13)22-3/h4-11H,1-3H3,(H,19,20). The number of nitrogens with zero attached hydrogens (tertiary/aromatic N) is 1. The molecule has 0 atom stereocenters. The number of benzene rings is 2. The van der Waals surface area contributed by atoms with Gasteiger partial charge < -0.3 is 9.47 Å². The first kappa shape index (κ1) is 15.6. The normalized spacial score (nSPS) is 10.5. The molecule has 0 fully saturated rings. The first-order chi connectivity index (χ1) is 10.6. The molecule has 5 heteroatoms. The molecule has 0 aromatic heterocycles. The summed E-state index contributed by atoms with van der Waals surface area (Å²) >= 11 is 0. The van der Waals surface area contributed by atoms with Crippen molar-refractivity contribution in [1.82, 2.24) is 5.43 Å². The summed E-state index contributed by atoms with van der Waals surface area (Å²) in [6, 6.07) is 12.7. The van der Waals surface area contributed by atoms with Gasteiger partial charge in [0.1, 0.15) is 0 Å². The summed E-state index contributed by atoms with van der Waals surface area (Å²) < 4.78 is 10.4. The maximum absolute atomic E-state index is 11.9. The van der Waals surface area contributed by atoms with Crippen LogP contribution in [-0.2, 0) is 0 Å². The zero-order valence-corrected chi connectivity index (χ0v) is 12.8. The average Bonchev–Trinajstić information content (AvgIpc) is 2.54. The Balaban J connectivity index is 2.05. The van der Waals surface area contributed by atoms with E-state index in [0.717, 1.165) is 11.1 Å². The van der Waals surface area contributed by atoms with Gasteiger partial charge >= 0.3 is 0 Å². The Morgan fingerprint density at radius 1 is 1.09 bits per heavy atom. The number of carbonyl (C=O) groups excluding carboxylic acids is 1. The molecule has 1 N–H and O–H groups in total. The molecule has 2 rings (SSSR count). The zero-order valence-electron chi connectivity index (χ0n) is 12.8.